The number of hydrogen-bond donors (Lipinski definition) is 1. The van der Waals surface area contributed by atoms with Crippen LogP contribution in [0.4, 0.5) is 0 Å². The summed E-state index contributed by atoms with van der Waals surface area (Å²) in [6.45, 7) is 1.87. The van der Waals surface area contributed by atoms with Gasteiger partial charge in [-0.2, -0.15) is 0 Å². The van der Waals surface area contributed by atoms with E-state index in [1.165, 1.54) is 16.4 Å². The highest BCUT2D eigenvalue weighted by Crippen LogP contribution is 2.30. The van der Waals surface area contributed by atoms with E-state index in [4.69, 9.17) is 15.0 Å². The van der Waals surface area contributed by atoms with E-state index in [0.29, 0.717) is 16.7 Å². The molecule has 0 amide bonds. The van der Waals surface area contributed by atoms with E-state index in [1.807, 2.05) is 31.2 Å². The number of thioether (sulfide) groups is 1. The summed E-state index contributed by atoms with van der Waals surface area (Å²) in [6.07, 6.45) is 1.61. The molecule has 8 heteroatoms. The van der Waals surface area contributed by atoms with Crippen molar-refractivity contribution in [3.63, 3.8) is 0 Å². The summed E-state index contributed by atoms with van der Waals surface area (Å²) < 4.78 is 13.0. The Morgan fingerprint density at radius 2 is 2.17 bits per heavy atom. The van der Waals surface area contributed by atoms with E-state index < -0.39 is 0 Å². The highest BCUT2D eigenvalue weighted by Gasteiger charge is 2.16. The average molecular weight is 395 g/mol. The predicted molar refractivity (Wildman–Crippen MR) is 92.9 cm³/mol. The Labute approximate surface area is 146 Å². The number of rotatable bonds is 5. The standard InChI is InChI=1S/C15H15BrN4O2S/c1-9-12(5-6-22-9)14-18-19-15(20(14)17)23-8-10-7-11(21-2)3-4-13(10)16/h3-7H,8,17H2,1-2H3. The second-order valence-corrected chi connectivity index (χ2v) is 6.61. The number of nitrogens with two attached hydrogens (primary N) is 1. The van der Waals surface area contributed by atoms with Crippen molar-refractivity contribution in [2.24, 2.45) is 0 Å². The highest BCUT2D eigenvalue weighted by atomic mass is 79.9. The maximum Gasteiger partial charge on any atom is 0.210 e. The third-order valence-corrected chi connectivity index (χ3v) is 5.14. The van der Waals surface area contributed by atoms with Crippen LogP contribution >= 0.6 is 27.7 Å². The Morgan fingerprint density at radius 1 is 1.35 bits per heavy atom. The number of aryl methyl sites for hydroxylation is 1. The van der Waals surface area contributed by atoms with Crippen LogP contribution in [0.1, 0.15) is 11.3 Å². The monoisotopic (exact) mass is 394 g/mol. The number of benzene rings is 1. The Hall–Kier alpha value is -1.93. The first-order valence-electron chi connectivity index (χ1n) is 6.80. The molecule has 0 radical (unpaired) electrons. The molecule has 2 N–H and O–H groups in total. The van der Waals surface area contributed by atoms with Gasteiger partial charge in [-0.25, -0.2) is 4.68 Å². The maximum absolute atomic E-state index is 6.11. The molecule has 1 aromatic carbocycles. The molecule has 23 heavy (non-hydrogen) atoms. The molecule has 6 nitrogen and oxygen atoms in total. The van der Waals surface area contributed by atoms with Crippen molar-refractivity contribution in [3.05, 3.63) is 46.3 Å². The van der Waals surface area contributed by atoms with Crippen molar-refractivity contribution in [2.75, 3.05) is 13.0 Å². The summed E-state index contributed by atoms with van der Waals surface area (Å²) in [7, 11) is 1.65. The van der Waals surface area contributed by atoms with Crippen LogP contribution in [0, 0.1) is 6.92 Å². The largest absolute Gasteiger partial charge is 0.497 e. The zero-order valence-electron chi connectivity index (χ0n) is 12.6. The Morgan fingerprint density at radius 3 is 2.87 bits per heavy atom. The second-order valence-electron chi connectivity index (χ2n) is 4.81. The molecule has 120 valence electrons. The number of aromatic nitrogens is 3. The third-order valence-electron chi connectivity index (χ3n) is 3.37. The molecule has 0 atom stereocenters. The van der Waals surface area contributed by atoms with Crippen molar-refractivity contribution in [2.45, 2.75) is 17.8 Å². The summed E-state index contributed by atoms with van der Waals surface area (Å²) in [5.74, 6) is 8.97. The van der Waals surface area contributed by atoms with Crippen LogP contribution in [0.3, 0.4) is 0 Å². The SMILES string of the molecule is COc1ccc(Br)c(CSc2nnc(-c3ccoc3C)n2N)c1. The average Bonchev–Trinajstić information content (AvgIpc) is 3.12. The number of halogens is 1. The van der Waals surface area contributed by atoms with E-state index in [9.17, 15) is 0 Å². The molecule has 0 aliphatic carbocycles. The molecule has 3 aromatic rings. The van der Waals surface area contributed by atoms with Crippen LogP contribution in [-0.2, 0) is 5.75 Å². The van der Waals surface area contributed by atoms with Gasteiger partial charge in [0.2, 0.25) is 5.16 Å². The number of hydrogen-bond acceptors (Lipinski definition) is 6. The Kier molecular flexibility index (Phi) is 4.63. The lowest BCUT2D eigenvalue weighted by atomic mass is 10.2. The molecule has 0 fully saturated rings. The fourth-order valence-electron chi connectivity index (χ4n) is 2.11. The highest BCUT2D eigenvalue weighted by molar-refractivity contribution is 9.10. The van der Waals surface area contributed by atoms with Crippen molar-refractivity contribution >= 4 is 27.7 Å². The van der Waals surface area contributed by atoms with Crippen molar-refractivity contribution < 1.29 is 9.15 Å². The molecule has 2 aromatic heterocycles. The van der Waals surface area contributed by atoms with Gasteiger partial charge in [0.25, 0.3) is 0 Å². The van der Waals surface area contributed by atoms with Crippen LogP contribution in [0.15, 0.2) is 44.6 Å². The predicted octanol–water partition coefficient (Wildman–Crippen LogP) is 3.62. The molecule has 3 rings (SSSR count). The Balaban J connectivity index is 1.80. The summed E-state index contributed by atoms with van der Waals surface area (Å²) in [6, 6.07) is 7.68. The summed E-state index contributed by atoms with van der Waals surface area (Å²) in [4.78, 5) is 0. The molecule has 0 saturated heterocycles. The lowest BCUT2D eigenvalue weighted by molar-refractivity contribution is 0.414. The van der Waals surface area contributed by atoms with Gasteiger partial charge in [0.1, 0.15) is 11.5 Å². The van der Waals surface area contributed by atoms with E-state index >= 15 is 0 Å². The summed E-state index contributed by atoms with van der Waals surface area (Å²) in [5, 5.41) is 8.96. The molecule has 0 unspecified atom stereocenters. The van der Waals surface area contributed by atoms with Gasteiger partial charge < -0.3 is 15.0 Å². The molecular weight excluding hydrogens is 380 g/mol. The lowest BCUT2D eigenvalue weighted by Crippen LogP contribution is -2.11. The van der Waals surface area contributed by atoms with Crippen molar-refractivity contribution in [1.82, 2.24) is 14.9 Å². The van der Waals surface area contributed by atoms with E-state index in [2.05, 4.69) is 26.1 Å². The third kappa shape index (κ3) is 3.23. The molecule has 0 spiro atoms. The fourth-order valence-corrected chi connectivity index (χ4v) is 3.53. The minimum Gasteiger partial charge on any atom is -0.497 e. The van der Waals surface area contributed by atoms with Gasteiger partial charge >= 0.3 is 0 Å². The normalized spacial score (nSPS) is 10.9. The van der Waals surface area contributed by atoms with Crippen LogP contribution in [0.25, 0.3) is 11.4 Å². The minimum atomic E-state index is 0.587. The van der Waals surface area contributed by atoms with Crippen LogP contribution in [0.2, 0.25) is 0 Å². The van der Waals surface area contributed by atoms with Gasteiger partial charge in [0, 0.05) is 10.2 Å². The zero-order chi connectivity index (χ0) is 16.4. The first kappa shape index (κ1) is 15.9. The van der Waals surface area contributed by atoms with E-state index in [1.54, 1.807) is 13.4 Å². The number of methoxy groups -OCH3 is 1. The van der Waals surface area contributed by atoms with Gasteiger partial charge in [-0.3, -0.25) is 0 Å². The zero-order valence-corrected chi connectivity index (χ0v) is 15.0. The summed E-state index contributed by atoms with van der Waals surface area (Å²) in [5.41, 5.74) is 1.94. The number of ether oxygens (including phenoxy) is 1. The number of nitrogen functional groups attached to an aromatic ring is 1. The van der Waals surface area contributed by atoms with Crippen LogP contribution in [-0.4, -0.2) is 22.0 Å². The smallest absolute Gasteiger partial charge is 0.210 e. The van der Waals surface area contributed by atoms with Gasteiger partial charge in [0.15, 0.2) is 5.82 Å². The molecule has 0 aliphatic heterocycles. The van der Waals surface area contributed by atoms with E-state index in [-0.39, 0.29) is 0 Å². The molecule has 0 bridgehead atoms. The van der Waals surface area contributed by atoms with Crippen molar-refractivity contribution in [1.29, 1.82) is 0 Å². The van der Waals surface area contributed by atoms with E-state index in [0.717, 1.165) is 27.1 Å². The van der Waals surface area contributed by atoms with Crippen LogP contribution < -0.4 is 10.6 Å². The van der Waals surface area contributed by atoms with Gasteiger partial charge in [-0.15, -0.1) is 10.2 Å². The topological polar surface area (TPSA) is 79.1 Å². The molecule has 2 heterocycles. The summed E-state index contributed by atoms with van der Waals surface area (Å²) >= 11 is 5.05. The lowest BCUT2D eigenvalue weighted by Gasteiger charge is -2.07. The first-order valence-corrected chi connectivity index (χ1v) is 8.58. The fraction of sp³-hybridized carbons (Fsp3) is 0.200. The minimum absolute atomic E-state index is 0.587. The van der Waals surface area contributed by atoms with Gasteiger partial charge in [0.05, 0.1) is 18.9 Å². The quantitative estimate of drug-likeness (QED) is 0.525. The molecule has 0 saturated carbocycles. The Bertz CT molecular complexity index is 831. The number of nitrogens with zero attached hydrogens (tertiary/aromatic N) is 3. The first-order chi connectivity index (χ1) is 11.1. The van der Waals surface area contributed by atoms with Crippen LogP contribution in [0.5, 0.6) is 5.75 Å². The molecular formula is C15H15BrN4O2S. The molecule has 0 aliphatic rings. The van der Waals surface area contributed by atoms with Gasteiger partial charge in [-0.1, -0.05) is 27.7 Å². The number of furan rings is 1. The second kappa shape index (κ2) is 6.67. The van der Waals surface area contributed by atoms with Gasteiger partial charge in [-0.05, 0) is 36.8 Å². The maximum atomic E-state index is 6.11. The van der Waals surface area contributed by atoms with Crippen molar-refractivity contribution in [3.8, 4) is 17.1 Å².